The maximum absolute atomic E-state index is 8.83. The van der Waals surface area contributed by atoms with Crippen molar-refractivity contribution in [3.8, 4) is 0 Å². The molecule has 0 aliphatic heterocycles. The molecule has 0 saturated heterocycles. The molecule has 2 aromatic rings. The smallest absolute Gasteiger partial charge is 0.223 e. The van der Waals surface area contributed by atoms with E-state index in [9.17, 15) is 0 Å². The number of benzene rings is 1. The Hall–Kier alpha value is -1.99. The molecule has 106 valence electrons. The lowest BCUT2D eigenvalue weighted by Crippen LogP contribution is -2.12. The minimum atomic E-state index is -0.00413. The Morgan fingerprint density at radius 1 is 1.15 bits per heavy atom. The van der Waals surface area contributed by atoms with Crippen LogP contribution in [0.3, 0.4) is 0 Å². The summed E-state index contributed by atoms with van der Waals surface area (Å²) in [4.78, 5) is 8.19. The van der Waals surface area contributed by atoms with E-state index in [1.165, 1.54) is 17.3 Å². The molecule has 2 rings (SSSR count). The minimum Gasteiger partial charge on any atom is -0.395 e. The zero-order chi connectivity index (χ0) is 14.4. The maximum Gasteiger partial charge on any atom is 0.223 e. The summed E-state index contributed by atoms with van der Waals surface area (Å²) < 4.78 is 0. The Bertz CT molecular complexity index is 564. The van der Waals surface area contributed by atoms with E-state index in [2.05, 4.69) is 15.3 Å². The number of hydrogen-bond acceptors (Lipinski definition) is 7. The number of hydrogen-bond donors (Lipinski definition) is 4. The van der Waals surface area contributed by atoms with Crippen molar-refractivity contribution in [2.45, 2.75) is 10.8 Å². The van der Waals surface area contributed by atoms with Gasteiger partial charge in [0, 0.05) is 12.3 Å². The van der Waals surface area contributed by atoms with Gasteiger partial charge in [0.15, 0.2) is 5.82 Å². The van der Waals surface area contributed by atoms with Crippen molar-refractivity contribution in [3.05, 3.63) is 35.9 Å². The summed E-state index contributed by atoms with van der Waals surface area (Å²) in [5.74, 6) is 1.37. The number of rotatable bonds is 6. The Balaban J connectivity index is 2.12. The van der Waals surface area contributed by atoms with Crippen LogP contribution in [-0.2, 0) is 5.75 Å². The first-order valence-electron chi connectivity index (χ1n) is 6.15. The fourth-order valence-electron chi connectivity index (χ4n) is 1.61. The summed E-state index contributed by atoms with van der Waals surface area (Å²) in [7, 11) is 0. The molecule has 1 aromatic heterocycles. The third-order valence-corrected chi connectivity index (χ3v) is 3.61. The summed E-state index contributed by atoms with van der Waals surface area (Å²) in [6, 6.07) is 10.0. The summed E-state index contributed by atoms with van der Waals surface area (Å²) in [6.07, 6.45) is 0. The van der Waals surface area contributed by atoms with Gasteiger partial charge in [-0.25, -0.2) is 4.98 Å². The Kier molecular flexibility index (Phi) is 5.03. The van der Waals surface area contributed by atoms with Gasteiger partial charge in [-0.3, -0.25) is 0 Å². The lowest BCUT2D eigenvalue weighted by Gasteiger charge is -2.11. The van der Waals surface area contributed by atoms with Crippen LogP contribution in [0.15, 0.2) is 35.4 Å². The summed E-state index contributed by atoms with van der Waals surface area (Å²) >= 11 is 1.50. The van der Waals surface area contributed by atoms with Gasteiger partial charge in [-0.15, -0.1) is 0 Å². The largest absolute Gasteiger partial charge is 0.395 e. The summed E-state index contributed by atoms with van der Waals surface area (Å²) in [5.41, 5.74) is 13.3. The van der Waals surface area contributed by atoms with Crippen molar-refractivity contribution in [1.82, 2.24) is 9.97 Å². The molecule has 0 fully saturated rings. The average molecular weight is 291 g/mol. The minimum absolute atomic E-state index is 0.00413. The standard InChI is InChI=1S/C13H17N5OS/c14-10-11(16-6-7-19)17-13(15)18-12(10)20-8-9-4-2-1-3-5-9/h1-5,19H,6-8,14H2,(H3,15,16,17,18). The van der Waals surface area contributed by atoms with Gasteiger partial charge in [-0.1, -0.05) is 42.1 Å². The highest BCUT2D eigenvalue weighted by atomic mass is 32.2. The number of anilines is 3. The highest BCUT2D eigenvalue weighted by Gasteiger charge is 2.11. The Morgan fingerprint density at radius 2 is 1.90 bits per heavy atom. The van der Waals surface area contributed by atoms with Gasteiger partial charge in [-0.2, -0.15) is 4.98 Å². The molecule has 0 spiro atoms. The van der Waals surface area contributed by atoms with E-state index >= 15 is 0 Å². The third kappa shape index (κ3) is 3.75. The molecule has 20 heavy (non-hydrogen) atoms. The molecule has 6 nitrogen and oxygen atoms in total. The van der Waals surface area contributed by atoms with Crippen molar-refractivity contribution in [1.29, 1.82) is 0 Å². The number of nitrogens with zero attached hydrogens (tertiary/aromatic N) is 2. The monoisotopic (exact) mass is 291 g/mol. The lowest BCUT2D eigenvalue weighted by atomic mass is 10.2. The molecule has 0 aliphatic rings. The Morgan fingerprint density at radius 3 is 2.60 bits per heavy atom. The fraction of sp³-hybridized carbons (Fsp3) is 0.231. The highest BCUT2D eigenvalue weighted by molar-refractivity contribution is 7.98. The van der Waals surface area contributed by atoms with Gasteiger partial charge >= 0.3 is 0 Å². The molecule has 7 heteroatoms. The van der Waals surface area contributed by atoms with Crippen LogP contribution in [0.4, 0.5) is 17.5 Å². The zero-order valence-corrected chi connectivity index (χ0v) is 11.7. The Labute approximate surface area is 121 Å². The highest BCUT2D eigenvalue weighted by Crippen LogP contribution is 2.30. The quantitative estimate of drug-likeness (QED) is 0.469. The van der Waals surface area contributed by atoms with E-state index < -0.39 is 0 Å². The number of aliphatic hydroxyl groups is 1. The van der Waals surface area contributed by atoms with Crippen LogP contribution >= 0.6 is 11.8 Å². The van der Waals surface area contributed by atoms with Crippen LogP contribution in [0, 0.1) is 0 Å². The van der Waals surface area contributed by atoms with Gasteiger partial charge in [-0.05, 0) is 5.56 Å². The molecule has 0 aliphatic carbocycles. The molecule has 1 aromatic carbocycles. The normalized spacial score (nSPS) is 10.4. The number of nitrogen functional groups attached to an aromatic ring is 2. The molecule has 0 bridgehead atoms. The van der Waals surface area contributed by atoms with E-state index in [-0.39, 0.29) is 12.6 Å². The number of aromatic nitrogens is 2. The van der Waals surface area contributed by atoms with Crippen LogP contribution in [0.1, 0.15) is 5.56 Å². The van der Waals surface area contributed by atoms with Gasteiger partial charge in [0.25, 0.3) is 0 Å². The van der Waals surface area contributed by atoms with Gasteiger partial charge in [0.05, 0.1) is 6.61 Å². The first-order chi connectivity index (χ1) is 9.70. The van der Waals surface area contributed by atoms with Gasteiger partial charge in [0.2, 0.25) is 5.95 Å². The molecular formula is C13H17N5OS. The first kappa shape index (κ1) is 14.4. The molecule has 1 heterocycles. The second-order valence-corrected chi connectivity index (χ2v) is 5.04. The predicted octanol–water partition coefficient (Wildman–Crippen LogP) is 1.34. The molecule has 0 saturated carbocycles. The molecular weight excluding hydrogens is 274 g/mol. The number of thioether (sulfide) groups is 1. The zero-order valence-electron chi connectivity index (χ0n) is 10.9. The predicted molar refractivity (Wildman–Crippen MR) is 82.4 cm³/mol. The van der Waals surface area contributed by atoms with Crippen molar-refractivity contribution in [3.63, 3.8) is 0 Å². The fourth-order valence-corrected chi connectivity index (χ4v) is 2.52. The first-order valence-corrected chi connectivity index (χ1v) is 7.13. The van der Waals surface area contributed by atoms with Crippen molar-refractivity contribution in [2.75, 3.05) is 29.9 Å². The van der Waals surface area contributed by atoms with Gasteiger partial charge < -0.3 is 21.9 Å². The van der Waals surface area contributed by atoms with Gasteiger partial charge in [0.1, 0.15) is 10.7 Å². The molecule has 6 N–H and O–H groups in total. The third-order valence-electron chi connectivity index (χ3n) is 2.55. The molecule has 0 amide bonds. The summed E-state index contributed by atoms with van der Waals surface area (Å²) in [6.45, 7) is 0.360. The van der Waals surface area contributed by atoms with E-state index in [4.69, 9.17) is 16.6 Å². The van der Waals surface area contributed by atoms with E-state index in [1.807, 2.05) is 30.3 Å². The van der Waals surface area contributed by atoms with Crippen molar-refractivity contribution >= 4 is 29.2 Å². The van der Waals surface area contributed by atoms with E-state index in [0.717, 1.165) is 5.75 Å². The second-order valence-electron chi connectivity index (χ2n) is 4.07. The number of nitrogens with two attached hydrogens (primary N) is 2. The van der Waals surface area contributed by atoms with Crippen molar-refractivity contribution < 1.29 is 5.11 Å². The maximum atomic E-state index is 8.83. The van der Waals surface area contributed by atoms with E-state index in [0.29, 0.717) is 23.1 Å². The number of nitrogens with one attached hydrogen (secondary N) is 1. The van der Waals surface area contributed by atoms with Crippen molar-refractivity contribution in [2.24, 2.45) is 0 Å². The summed E-state index contributed by atoms with van der Waals surface area (Å²) in [5, 5.41) is 12.4. The van der Waals surface area contributed by atoms with E-state index in [1.54, 1.807) is 0 Å². The molecule has 0 atom stereocenters. The number of aliphatic hydroxyl groups excluding tert-OH is 1. The van der Waals surface area contributed by atoms with Crippen LogP contribution in [0.25, 0.3) is 0 Å². The van der Waals surface area contributed by atoms with Crippen LogP contribution in [0.5, 0.6) is 0 Å². The van der Waals surface area contributed by atoms with Crippen LogP contribution in [-0.4, -0.2) is 28.2 Å². The lowest BCUT2D eigenvalue weighted by molar-refractivity contribution is 0.311. The second kappa shape index (κ2) is 6.97. The van der Waals surface area contributed by atoms with Crippen LogP contribution in [0.2, 0.25) is 0 Å². The molecule has 0 unspecified atom stereocenters. The molecule has 0 radical (unpaired) electrons. The average Bonchev–Trinajstić information content (AvgIpc) is 2.47. The topological polar surface area (TPSA) is 110 Å². The SMILES string of the molecule is Nc1nc(NCCO)c(N)c(SCc2ccccc2)n1. The van der Waals surface area contributed by atoms with Crippen LogP contribution < -0.4 is 16.8 Å².